The topological polar surface area (TPSA) is 0 Å². The average molecular weight is 627 g/mol. The molecule has 43 heavy (non-hydrogen) atoms. The Balaban J connectivity index is 1.05. The van der Waals surface area contributed by atoms with Crippen LogP contribution in [-0.2, 0) is 12.8 Å². The minimum Gasteiger partial charge on any atom is -0.162 e. The van der Waals surface area contributed by atoms with Gasteiger partial charge >= 0.3 is 0 Å². The number of unbranched alkanes of at least 4 members (excludes halogenated alkanes) is 4. The number of benzene rings is 4. The van der Waals surface area contributed by atoms with Crippen LogP contribution in [0, 0.1) is 0 Å². The van der Waals surface area contributed by atoms with E-state index in [4.69, 9.17) is 0 Å². The highest BCUT2D eigenvalue weighted by molar-refractivity contribution is 7.99. The molecule has 228 valence electrons. The highest BCUT2D eigenvalue weighted by atomic mass is 32.2. The second-order valence-corrected chi connectivity index (χ2v) is 15.2. The Morgan fingerprint density at radius 2 is 0.744 bits per heavy atom. The molecule has 0 aliphatic heterocycles. The van der Waals surface area contributed by atoms with Gasteiger partial charge in [-0.15, -0.1) is 0 Å². The first-order valence-electron chi connectivity index (χ1n) is 16.4. The normalized spacial score (nSPS) is 12.7. The van der Waals surface area contributed by atoms with Crippen molar-refractivity contribution in [1.29, 1.82) is 0 Å². The predicted octanol–water partition coefficient (Wildman–Crippen LogP) is 12.3. The van der Waals surface area contributed by atoms with Crippen LogP contribution in [-0.4, -0.2) is 23.0 Å². The SMILES string of the molecule is c1ccc(CCSC(CCCCCSCCCCCC(SCCc2ccccc2)c2ccccc2)c2ccccc2)cc1. The van der Waals surface area contributed by atoms with Gasteiger partial charge in [0, 0.05) is 10.5 Å². The highest BCUT2D eigenvalue weighted by Crippen LogP contribution is 2.35. The largest absolute Gasteiger partial charge is 0.162 e. The lowest BCUT2D eigenvalue weighted by molar-refractivity contribution is 0.658. The molecule has 0 heterocycles. The van der Waals surface area contributed by atoms with E-state index in [0.29, 0.717) is 10.5 Å². The first kappa shape index (κ1) is 33.8. The van der Waals surface area contributed by atoms with Gasteiger partial charge in [0.1, 0.15) is 0 Å². The summed E-state index contributed by atoms with van der Waals surface area (Å²) in [6, 6.07) is 44.2. The quantitative estimate of drug-likeness (QED) is 0.0797. The Morgan fingerprint density at radius 3 is 1.14 bits per heavy atom. The molecule has 0 bridgehead atoms. The van der Waals surface area contributed by atoms with Gasteiger partial charge in [-0.1, -0.05) is 147 Å². The van der Waals surface area contributed by atoms with Crippen LogP contribution in [0.2, 0.25) is 0 Å². The van der Waals surface area contributed by atoms with E-state index >= 15 is 0 Å². The second-order valence-electron chi connectivity index (χ2n) is 11.3. The molecule has 2 unspecified atom stereocenters. The number of thioether (sulfide) groups is 3. The van der Waals surface area contributed by atoms with Crippen molar-refractivity contribution in [1.82, 2.24) is 0 Å². The Kier molecular flexibility index (Phi) is 17.0. The van der Waals surface area contributed by atoms with Crippen LogP contribution in [0.15, 0.2) is 121 Å². The molecule has 4 rings (SSSR count). The van der Waals surface area contributed by atoms with Crippen molar-refractivity contribution < 1.29 is 0 Å². The highest BCUT2D eigenvalue weighted by Gasteiger charge is 2.13. The average Bonchev–Trinajstić information content (AvgIpc) is 3.07. The molecule has 0 aromatic heterocycles. The molecule has 0 aliphatic carbocycles. The van der Waals surface area contributed by atoms with Gasteiger partial charge in [-0.05, 0) is 83.8 Å². The molecular weight excluding hydrogens is 577 g/mol. The maximum absolute atomic E-state index is 2.32. The van der Waals surface area contributed by atoms with E-state index in [1.165, 1.54) is 96.6 Å². The summed E-state index contributed by atoms with van der Waals surface area (Å²) in [6.07, 6.45) is 13.0. The van der Waals surface area contributed by atoms with E-state index in [2.05, 4.69) is 157 Å². The summed E-state index contributed by atoms with van der Waals surface area (Å²) in [6.45, 7) is 0. The molecule has 4 aromatic carbocycles. The van der Waals surface area contributed by atoms with Gasteiger partial charge in [0.2, 0.25) is 0 Å². The molecule has 0 N–H and O–H groups in total. The van der Waals surface area contributed by atoms with Crippen molar-refractivity contribution in [3.8, 4) is 0 Å². The maximum atomic E-state index is 2.32. The van der Waals surface area contributed by atoms with E-state index in [1.807, 2.05) is 0 Å². The van der Waals surface area contributed by atoms with Crippen molar-refractivity contribution in [2.75, 3.05) is 23.0 Å². The fourth-order valence-electron chi connectivity index (χ4n) is 5.48. The van der Waals surface area contributed by atoms with Gasteiger partial charge < -0.3 is 0 Å². The number of rotatable bonds is 22. The standard InChI is InChI=1S/C40H50S3/c1-7-19-35(20-8-1)29-33-42-39(37-23-11-3-12-24-37)27-15-5-17-31-41-32-18-6-16-28-40(38-25-13-4-14-26-38)43-34-30-36-21-9-2-10-22-36/h1-4,7-14,19-26,39-40H,5-6,15-18,27-34H2. The van der Waals surface area contributed by atoms with Gasteiger partial charge in [-0.2, -0.15) is 35.3 Å². The molecule has 0 fully saturated rings. The lowest BCUT2D eigenvalue weighted by atomic mass is 10.1. The van der Waals surface area contributed by atoms with Crippen molar-refractivity contribution in [2.24, 2.45) is 0 Å². The van der Waals surface area contributed by atoms with Gasteiger partial charge in [0.25, 0.3) is 0 Å². The maximum Gasteiger partial charge on any atom is 0.0297 e. The Hall–Kier alpha value is -2.07. The van der Waals surface area contributed by atoms with Crippen LogP contribution in [0.1, 0.15) is 84.1 Å². The summed E-state index contributed by atoms with van der Waals surface area (Å²) in [4.78, 5) is 0. The van der Waals surface area contributed by atoms with Crippen molar-refractivity contribution in [3.05, 3.63) is 144 Å². The summed E-state index contributed by atoms with van der Waals surface area (Å²) in [5, 5.41) is 1.24. The minimum atomic E-state index is 0.619. The third-order valence-electron chi connectivity index (χ3n) is 7.96. The van der Waals surface area contributed by atoms with Crippen molar-refractivity contribution in [2.45, 2.75) is 74.7 Å². The number of aryl methyl sites for hydroxylation is 2. The molecule has 0 saturated carbocycles. The summed E-state index contributed by atoms with van der Waals surface area (Å²) < 4.78 is 0. The van der Waals surface area contributed by atoms with Gasteiger partial charge in [0.05, 0.1) is 0 Å². The van der Waals surface area contributed by atoms with E-state index < -0.39 is 0 Å². The molecule has 0 saturated heterocycles. The Labute approximate surface area is 275 Å². The van der Waals surface area contributed by atoms with Crippen molar-refractivity contribution >= 4 is 35.3 Å². The predicted molar refractivity (Wildman–Crippen MR) is 198 cm³/mol. The Morgan fingerprint density at radius 1 is 0.372 bits per heavy atom. The first-order chi connectivity index (χ1) is 21.4. The fraction of sp³-hybridized carbons (Fsp3) is 0.400. The molecule has 0 nitrogen and oxygen atoms in total. The van der Waals surface area contributed by atoms with Crippen LogP contribution in [0.5, 0.6) is 0 Å². The van der Waals surface area contributed by atoms with Gasteiger partial charge in [-0.25, -0.2) is 0 Å². The third kappa shape index (κ3) is 14.1. The summed E-state index contributed by atoms with van der Waals surface area (Å²) >= 11 is 6.47. The zero-order valence-corrected chi connectivity index (χ0v) is 28.3. The van der Waals surface area contributed by atoms with Crippen LogP contribution in [0.4, 0.5) is 0 Å². The molecule has 0 radical (unpaired) electrons. The zero-order valence-electron chi connectivity index (χ0n) is 25.8. The summed E-state index contributed by atoms with van der Waals surface area (Å²) in [5.41, 5.74) is 5.90. The fourth-order valence-corrected chi connectivity index (χ4v) is 9.14. The molecular formula is C40H50S3. The van der Waals surface area contributed by atoms with Gasteiger partial charge in [0.15, 0.2) is 0 Å². The van der Waals surface area contributed by atoms with E-state index in [-0.39, 0.29) is 0 Å². The zero-order chi connectivity index (χ0) is 29.6. The van der Waals surface area contributed by atoms with Crippen LogP contribution in [0.25, 0.3) is 0 Å². The minimum absolute atomic E-state index is 0.619. The van der Waals surface area contributed by atoms with Crippen LogP contribution >= 0.6 is 35.3 Å². The van der Waals surface area contributed by atoms with Gasteiger partial charge in [-0.3, -0.25) is 0 Å². The molecule has 4 aromatic rings. The van der Waals surface area contributed by atoms with E-state index in [1.54, 1.807) is 0 Å². The molecule has 0 amide bonds. The van der Waals surface area contributed by atoms with Crippen molar-refractivity contribution in [3.63, 3.8) is 0 Å². The smallest absolute Gasteiger partial charge is 0.0297 e. The first-order valence-corrected chi connectivity index (χ1v) is 19.6. The molecule has 2 atom stereocenters. The molecule has 0 aliphatic rings. The van der Waals surface area contributed by atoms with Crippen LogP contribution in [0.3, 0.4) is 0 Å². The summed E-state index contributed by atoms with van der Waals surface area (Å²) in [5.74, 6) is 5.02. The number of hydrogen-bond acceptors (Lipinski definition) is 3. The third-order valence-corrected chi connectivity index (χ3v) is 11.8. The van der Waals surface area contributed by atoms with E-state index in [0.717, 1.165) is 12.8 Å². The Bertz CT molecular complexity index is 1100. The van der Waals surface area contributed by atoms with E-state index in [9.17, 15) is 0 Å². The molecule has 0 spiro atoms. The monoisotopic (exact) mass is 626 g/mol. The lowest BCUT2D eigenvalue weighted by Gasteiger charge is -2.17. The second kappa shape index (κ2) is 21.6. The molecule has 3 heteroatoms. The van der Waals surface area contributed by atoms with Crippen LogP contribution < -0.4 is 0 Å². The number of hydrogen-bond donors (Lipinski definition) is 0. The lowest BCUT2D eigenvalue weighted by Crippen LogP contribution is -1.98. The summed E-state index contributed by atoms with van der Waals surface area (Å²) in [7, 11) is 0.